The van der Waals surface area contributed by atoms with Crippen LogP contribution in [0.25, 0.3) is 27.7 Å². The van der Waals surface area contributed by atoms with Crippen LogP contribution in [-0.4, -0.2) is 20.6 Å². The molecule has 0 saturated heterocycles. The van der Waals surface area contributed by atoms with Crippen LogP contribution in [0.5, 0.6) is 0 Å². The molecule has 1 aliphatic rings. The van der Waals surface area contributed by atoms with E-state index in [2.05, 4.69) is 78.2 Å². The van der Waals surface area contributed by atoms with Crippen LogP contribution in [0.15, 0.2) is 91.0 Å². The number of hydrogen-bond donors (Lipinski definition) is 1. The van der Waals surface area contributed by atoms with E-state index in [1.807, 2.05) is 24.3 Å². The Morgan fingerprint density at radius 3 is 2.50 bits per heavy atom. The molecule has 1 aliphatic carbocycles. The molecule has 5 nitrogen and oxygen atoms in total. The van der Waals surface area contributed by atoms with Gasteiger partial charge in [0.15, 0.2) is 0 Å². The monoisotopic (exact) mass is 523 g/mol. The number of aryl methyl sites for hydroxylation is 4. The third-order valence-electron chi connectivity index (χ3n) is 7.77. The molecule has 6 rings (SSSR count). The third kappa shape index (κ3) is 4.81. The van der Waals surface area contributed by atoms with E-state index in [9.17, 15) is 15.2 Å². The topological polar surface area (TPSA) is 78.9 Å². The number of aliphatic carboxylic acids is 1. The summed E-state index contributed by atoms with van der Waals surface area (Å²) in [4.78, 5) is 16.4. The van der Waals surface area contributed by atoms with Gasteiger partial charge in [0.25, 0.3) is 0 Å². The van der Waals surface area contributed by atoms with Gasteiger partial charge in [-0.3, -0.25) is 4.79 Å². The summed E-state index contributed by atoms with van der Waals surface area (Å²) in [6.45, 7) is 2.65. The number of fused-ring (bicyclic) bond motifs is 3. The van der Waals surface area contributed by atoms with Gasteiger partial charge in [-0.25, -0.2) is 4.98 Å². The molecular weight excluding hydrogens is 494 g/mol. The summed E-state index contributed by atoms with van der Waals surface area (Å²) in [5.74, 6) is -0.0557. The average molecular weight is 524 g/mol. The molecule has 4 aromatic carbocycles. The zero-order valence-corrected chi connectivity index (χ0v) is 22.4. The number of nitriles is 1. The molecule has 0 fully saturated rings. The van der Waals surface area contributed by atoms with E-state index in [0.29, 0.717) is 13.0 Å². The number of carbonyl (C=O) groups is 1. The van der Waals surface area contributed by atoms with Crippen molar-refractivity contribution in [3.63, 3.8) is 0 Å². The summed E-state index contributed by atoms with van der Waals surface area (Å²) in [7, 11) is 0. The van der Waals surface area contributed by atoms with Gasteiger partial charge in [-0.15, -0.1) is 0 Å². The minimum absolute atomic E-state index is 0.0265. The van der Waals surface area contributed by atoms with Crippen LogP contribution in [-0.2, 0) is 30.6 Å². The lowest BCUT2D eigenvalue weighted by Gasteiger charge is -2.14. The van der Waals surface area contributed by atoms with E-state index in [1.165, 1.54) is 11.1 Å². The summed E-state index contributed by atoms with van der Waals surface area (Å²) < 4.78 is 2.18. The predicted molar refractivity (Wildman–Crippen MR) is 158 cm³/mol. The number of aromatic nitrogens is 2. The Morgan fingerprint density at radius 1 is 0.950 bits per heavy atom. The van der Waals surface area contributed by atoms with Crippen LogP contribution >= 0.6 is 0 Å². The summed E-state index contributed by atoms with van der Waals surface area (Å²) in [5.41, 5.74) is 12.0. The molecule has 1 aromatic heterocycles. The van der Waals surface area contributed by atoms with E-state index < -0.39 is 5.97 Å². The van der Waals surface area contributed by atoms with Gasteiger partial charge in [0.05, 0.1) is 23.5 Å². The Balaban J connectivity index is 1.45. The predicted octanol–water partition coefficient (Wildman–Crippen LogP) is 7.13. The molecule has 0 amide bonds. The fraction of sp³-hybridized carbons (Fsp3) is 0.171. The van der Waals surface area contributed by atoms with Gasteiger partial charge in [0.2, 0.25) is 0 Å². The van der Waals surface area contributed by atoms with Gasteiger partial charge in [-0.2, -0.15) is 5.26 Å². The van der Waals surface area contributed by atoms with E-state index in [4.69, 9.17) is 4.98 Å². The van der Waals surface area contributed by atoms with Crippen LogP contribution in [0.3, 0.4) is 0 Å². The van der Waals surface area contributed by atoms with Crippen molar-refractivity contribution in [2.24, 2.45) is 0 Å². The van der Waals surface area contributed by atoms with Gasteiger partial charge in [0.1, 0.15) is 5.82 Å². The molecule has 0 spiro atoms. The van der Waals surface area contributed by atoms with Gasteiger partial charge in [0, 0.05) is 19.0 Å². The highest BCUT2D eigenvalue weighted by atomic mass is 16.4. The maximum atomic E-state index is 11.5. The first kappa shape index (κ1) is 25.3. The molecule has 5 heteroatoms. The number of imidazole rings is 1. The van der Waals surface area contributed by atoms with Crippen LogP contribution in [0.2, 0.25) is 0 Å². The molecular formula is C35H29N3O2. The zero-order valence-electron chi connectivity index (χ0n) is 22.4. The lowest BCUT2D eigenvalue weighted by atomic mass is 9.93. The number of nitrogens with zero attached hydrogens (tertiary/aromatic N) is 3. The second-order valence-corrected chi connectivity index (χ2v) is 10.4. The number of rotatable bonds is 6. The Bertz CT molecular complexity index is 1820. The number of hydrogen-bond acceptors (Lipinski definition) is 3. The average Bonchev–Trinajstić information content (AvgIpc) is 3.24. The summed E-state index contributed by atoms with van der Waals surface area (Å²) in [5, 5.41) is 19.0. The fourth-order valence-corrected chi connectivity index (χ4v) is 5.86. The maximum Gasteiger partial charge on any atom is 0.303 e. The number of benzene rings is 4. The van der Waals surface area contributed by atoms with Crippen LogP contribution in [0.1, 0.15) is 45.6 Å². The SMILES string of the molecule is Cc1cc(-c2ccccc2)cc2c1nc(CCC(=O)O)n2Cc1ccc2c(c1)CCc1ccccc1C2=CC#N. The van der Waals surface area contributed by atoms with E-state index >= 15 is 0 Å². The molecule has 0 atom stereocenters. The van der Waals surface area contributed by atoms with Gasteiger partial charge >= 0.3 is 5.97 Å². The molecule has 0 saturated carbocycles. The lowest BCUT2D eigenvalue weighted by Crippen LogP contribution is -2.08. The van der Waals surface area contributed by atoms with Gasteiger partial charge < -0.3 is 9.67 Å². The molecule has 196 valence electrons. The first-order valence-corrected chi connectivity index (χ1v) is 13.6. The first-order valence-electron chi connectivity index (χ1n) is 13.6. The van der Waals surface area contributed by atoms with Crippen LogP contribution < -0.4 is 0 Å². The van der Waals surface area contributed by atoms with Crippen molar-refractivity contribution in [1.29, 1.82) is 5.26 Å². The summed E-state index contributed by atoms with van der Waals surface area (Å²) in [6.07, 6.45) is 3.84. The maximum absolute atomic E-state index is 11.5. The van der Waals surface area contributed by atoms with Gasteiger partial charge in [-0.05, 0) is 82.0 Å². The van der Waals surface area contributed by atoms with Crippen molar-refractivity contribution < 1.29 is 9.90 Å². The van der Waals surface area contributed by atoms with E-state index in [0.717, 1.165) is 68.7 Å². The van der Waals surface area contributed by atoms with Crippen molar-refractivity contribution in [2.45, 2.75) is 39.2 Å². The second-order valence-electron chi connectivity index (χ2n) is 10.4. The van der Waals surface area contributed by atoms with Crippen LogP contribution in [0, 0.1) is 18.3 Å². The van der Waals surface area contributed by atoms with Crippen LogP contribution in [0.4, 0.5) is 0 Å². The molecule has 0 bridgehead atoms. The molecule has 1 heterocycles. The highest BCUT2D eigenvalue weighted by Gasteiger charge is 2.20. The first-order chi connectivity index (χ1) is 19.5. The highest BCUT2D eigenvalue weighted by molar-refractivity contribution is 5.87. The zero-order chi connectivity index (χ0) is 27.6. The minimum Gasteiger partial charge on any atom is -0.481 e. The van der Waals surface area contributed by atoms with E-state index in [1.54, 1.807) is 6.08 Å². The van der Waals surface area contributed by atoms with Crippen molar-refractivity contribution in [3.05, 3.63) is 130 Å². The van der Waals surface area contributed by atoms with E-state index in [-0.39, 0.29) is 6.42 Å². The smallest absolute Gasteiger partial charge is 0.303 e. The highest BCUT2D eigenvalue weighted by Crippen LogP contribution is 2.35. The Labute approximate surface area is 233 Å². The Morgan fingerprint density at radius 2 is 1.70 bits per heavy atom. The van der Waals surface area contributed by atoms with Gasteiger partial charge in [-0.1, -0.05) is 72.8 Å². The second kappa shape index (κ2) is 10.7. The summed E-state index contributed by atoms with van der Waals surface area (Å²) >= 11 is 0. The normalized spacial score (nSPS) is 13.4. The number of carboxylic acid groups (broad SMARTS) is 1. The largest absolute Gasteiger partial charge is 0.481 e. The Hall–Kier alpha value is -4.95. The molecule has 1 N–H and O–H groups in total. The molecule has 0 aliphatic heterocycles. The standard InChI is InChI=1S/C35H29N3O2/c1-23-19-28(25-7-3-2-4-8-25)21-32-35(23)37-33(15-16-34(39)40)38(32)22-24-11-14-30-27(20-24)13-12-26-9-5-6-10-29(26)31(30)17-18-36/h2-11,14,17,19-21H,12-13,15-16,22H2,1H3,(H,39,40). The van der Waals surface area contributed by atoms with Crippen molar-refractivity contribution in [3.8, 4) is 17.2 Å². The molecule has 0 unspecified atom stereocenters. The van der Waals surface area contributed by atoms with Crippen molar-refractivity contribution in [1.82, 2.24) is 9.55 Å². The molecule has 5 aromatic rings. The van der Waals surface area contributed by atoms with Crippen molar-refractivity contribution in [2.75, 3.05) is 0 Å². The minimum atomic E-state index is -0.832. The number of carboxylic acids is 1. The quantitative estimate of drug-likeness (QED) is 0.240. The van der Waals surface area contributed by atoms with Crippen molar-refractivity contribution >= 4 is 22.6 Å². The lowest BCUT2D eigenvalue weighted by molar-refractivity contribution is -0.137. The fourth-order valence-electron chi connectivity index (χ4n) is 5.86. The summed E-state index contributed by atoms with van der Waals surface area (Å²) in [6, 6.07) is 31.7. The molecule has 0 radical (unpaired) electrons. The third-order valence-corrected chi connectivity index (χ3v) is 7.77. The Kier molecular flexibility index (Phi) is 6.76. The number of allylic oxidation sites excluding steroid dienone is 1. The molecule has 40 heavy (non-hydrogen) atoms.